The summed E-state index contributed by atoms with van der Waals surface area (Å²) in [6, 6.07) is 7.13. The Labute approximate surface area is 103 Å². The lowest BCUT2D eigenvalue weighted by atomic mass is 10.0. The molecule has 0 fully saturated rings. The normalized spacial score (nSPS) is 12.0. The monoisotopic (exact) mass is 253 g/mol. The number of aromatic nitrogens is 1. The lowest BCUT2D eigenvalue weighted by Crippen LogP contribution is -2.30. The molecule has 0 atom stereocenters. The predicted molar refractivity (Wildman–Crippen MR) is 63.9 cm³/mol. The third-order valence-corrected chi connectivity index (χ3v) is 3.24. The SMILES string of the molecule is Cc1c(CC(F)(F)C(=O)O)c2ccccc2n1C. The van der Waals surface area contributed by atoms with E-state index in [0.717, 1.165) is 5.52 Å². The number of hydrogen-bond acceptors (Lipinski definition) is 1. The molecular formula is C13H13F2NO2. The number of nitrogens with zero attached hydrogens (tertiary/aromatic N) is 1. The number of aliphatic carboxylic acids is 1. The molecule has 0 aliphatic rings. The van der Waals surface area contributed by atoms with Gasteiger partial charge in [0.2, 0.25) is 0 Å². The van der Waals surface area contributed by atoms with E-state index in [-0.39, 0.29) is 0 Å². The van der Waals surface area contributed by atoms with E-state index in [1.54, 1.807) is 30.7 Å². The third kappa shape index (κ3) is 1.85. The topological polar surface area (TPSA) is 42.2 Å². The predicted octanol–water partition coefficient (Wildman–Crippen LogP) is 2.75. The van der Waals surface area contributed by atoms with Crippen molar-refractivity contribution in [3.63, 3.8) is 0 Å². The lowest BCUT2D eigenvalue weighted by molar-refractivity contribution is -0.164. The fourth-order valence-electron chi connectivity index (χ4n) is 2.12. The highest BCUT2D eigenvalue weighted by Crippen LogP contribution is 2.30. The van der Waals surface area contributed by atoms with Crippen molar-refractivity contribution in [3.05, 3.63) is 35.5 Å². The second kappa shape index (κ2) is 4.08. The molecule has 1 aromatic carbocycles. The number of para-hydroxylation sites is 1. The van der Waals surface area contributed by atoms with Gasteiger partial charge in [-0.1, -0.05) is 18.2 Å². The molecule has 2 rings (SSSR count). The number of rotatable bonds is 3. The Bertz CT molecular complexity index is 617. The lowest BCUT2D eigenvalue weighted by Gasteiger charge is -2.11. The number of carboxylic acid groups (broad SMARTS) is 1. The van der Waals surface area contributed by atoms with Crippen molar-refractivity contribution in [1.29, 1.82) is 0 Å². The first-order chi connectivity index (χ1) is 8.34. The van der Waals surface area contributed by atoms with E-state index in [1.165, 1.54) is 0 Å². The van der Waals surface area contributed by atoms with Crippen LogP contribution in [0.3, 0.4) is 0 Å². The van der Waals surface area contributed by atoms with Crippen molar-refractivity contribution < 1.29 is 18.7 Å². The van der Waals surface area contributed by atoms with Crippen LogP contribution < -0.4 is 0 Å². The van der Waals surface area contributed by atoms with Gasteiger partial charge in [0.05, 0.1) is 6.42 Å². The summed E-state index contributed by atoms with van der Waals surface area (Å²) in [5.41, 5.74) is 1.88. The molecule has 96 valence electrons. The number of benzene rings is 1. The summed E-state index contributed by atoms with van der Waals surface area (Å²) in [4.78, 5) is 10.5. The van der Waals surface area contributed by atoms with Crippen molar-refractivity contribution in [2.24, 2.45) is 7.05 Å². The molecule has 0 saturated heterocycles. The molecule has 0 unspecified atom stereocenters. The molecule has 1 N–H and O–H groups in total. The van der Waals surface area contributed by atoms with Gasteiger partial charge in [0.15, 0.2) is 0 Å². The zero-order valence-electron chi connectivity index (χ0n) is 10.1. The summed E-state index contributed by atoms with van der Waals surface area (Å²) in [6.07, 6.45) is -0.782. The largest absolute Gasteiger partial charge is 0.477 e. The number of carboxylic acids is 1. The smallest absolute Gasteiger partial charge is 0.374 e. The molecule has 5 heteroatoms. The summed E-state index contributed by atoms with van der Waals surface area (Å²) in [6.45, 7) is 1.72. The second-order valence-corrected chi connectivity index (χ2v) is 4.33. The second-order valence-electron chi connectivity index (χ2n) is 4.33. The zero-order chi connectivity index (χ0) is 13.5. The van der Waals surface area contributed by atoms with Crippen LogP contribution in [0.5, 0.6) is 0 Å². The van der Waals surface area contributed by atoms with Gasteiger partial charge < -0.3 is 9.67 Å². The van der Waals surface area contributed by atoms with E-state index in [1.807, 2.05) is 12.1 Å². The van der Waals surface area contributed by atoms with Gasteiger partial charge in [-0.3, -0.25) is 0 Å². The van der Waals surface area contributed by atoms with Gasteiger partial charge in [0, 0.05) is 23.6 Å². The van der Waals surface area contributed by atoms with Gasteiger partial charge in [-0.25, -0.2) is 4.79 Å². The van der Waals surface area contributed by atoms with E-state index in [9.17, 15) is 13.6 Å². The Balaban J connectivity index is 2.58. The molecule has 0 amide bonds. The van der Waals surface area contributed by atoms with E-state index >= 15 is 0 Å². The van der Waals surface area contributed by atoms with Gasteiger partial charge in [0.1, 0.15) is 0 Å². The van der Waals surface area contributed by atoms with Crippen LogP contribution in [0.25, 0.3) is 10.9 Å². The van der Waals surface area contributed by atoms with Crippen molar-refractivity contribution in [2.75, 3.05) is 0 Å². The molecule has 1 aromatic heterocycles. The number of aryl methyl sites for hydroxylation is 1. The minimum atomic E-state index is -3.74. The Morgan fingerprint density at radius 3 is 2.61 bits per heavy atom. The van der Waals surface area contributed by atoms with Gasteiger partial charge in [-0.05, 0) is 18.6 Å². The highest BCUT2D eigenvalue weighted by molar-refractivity contribution is 5.86. The maximum Gasteiger partial charge on any atom is 0.374 e. The standard InChI is InChI=1S/C13H13F2NO2/c1-8-10(7-13(14,15)12(17)18)9-5-3-4-6-11(9)16(8)2/h3-6H,7H2,1-2H3,(H,17,18). The maximum absolute atomic E-state index is 13.3. The van der Waals surface area contributed by atoms with E-state index in [4.69, 9.17) is 5.11 Å². The zero-order valence-corrected chi connectivity index (χ0v) is 10.1. The van der Waals surface area contributed by atoms with Crippen molar-refractivity contribution in [2.45, 2.75) is 19.3 Å². The number of fused-ring (bicyclic) bond motifs is 1. The minimum Gasteiger partial charge on any atom is -0.477 e. The van der Waals surface area contributed by atoms with Crippen LogP contribution in [-0.2, 0) is 18.3 Å². The van der Waals surface area contributed by atoms with Crippen LogP contribution in [0.1, 0.15) is 11.3 Å². The summed E-state index contributed by atoms with van der Waals surface area (Å²) in [5, 5.41) is 9.19. The Kier molecular flexibility index (Phi) is 2.84. The molecule has 3 nitrogen and oxygen atoms in total. The summed E-state index contributed by atoms with van der Waals surface area (Å²) in [7, 11) is 1.78. The number of hydrogen-bond donors (Lipinski definition) is 1. The molecular weight excluding hydrogens is 240 g/mol. The number of alkyl halides is 2. The maximum atomic E-state index is 13.3. The summed E-state index contributed by atoms with van der Waals surface area (Å²) < 4.78 is 28.5. The Morgan fingerprint density at radius 1 is 1.39 bits per heavy atom. The van der Waals surface area contributed by atoms with Gasteiger partial charge in [-0.2, -0.15) is 8.78 Å². The molecule has 1 heterocycles. The molecule has 2 aromatic rings. The van der Waals surface area contributed by atoms with Crippen molar-refractivity contribution >= 4 is 16.9 Å². The Morgan fingerprint density at radius 2 is 2.00 bits per heavy atom. The van der Waals surface area contributed by atoms with E-state index < -0.39 is 18.3 Å². The molecule has 0 spiro atoms. The first-order valence-electron chi connectivity index (χ1n) is 5.48. The van der Waals surface area contributed by atoms with Gasteiger partial charge >= 0.3 is 11.9 Å². The molecule has 0 radical (unpaired) electrons. The summed E-state index contributed by atoms with van der Waals surface area (Å²) >= 11 is 0. The van der Waals surface area contributed by atoms with E-state index in [0.29, 0.717) is 16.6 Å². The average Bonchev–Trinajstić information content (AvgIpc) is 2.55. The van der Waals surface area contributed by atoms with Crippen LogP contribution in [0.4, 0.5) is 8.78 Å². The fourth-order valence-corrected chi connectivity index (χ4v) is 2.12. The quantitative estimate of drug-likeness (QED) is 0.913. The van der Waals surface area contributed by atoms with Crippen LogP contribution >= 0.6 is 0 Å². The van der Waals surface area contributed by atoms with Crippen molar-refractivity contribution in [1.82, 2.24) is 4.57 Å². The van der Waals surface area contributed by atoms with Gasteiger partial charge in [0.25, 0.3) is 0 Å². The van der Waals surface area contributed by atoms with Crippen LogP contribution in [0.15, 0.2) is 24.3 Å². The number of carbonyl (C=O) groups is 1. The minimum absolute atomic E-state index is 0.389. The average molecular weight is 253 g/mol. The van der Waals surface area contributed by atoms with E-state index in [2.05, 4.69) is 0 Å². The molecule has 0 bridgehead atoms. The van der Waals surface area contributed by atoms with Gasteiger partial charge in [-0.15, -0.1) is 0 Å². The first kappa shape index (κ1) is 12.5. The van der Waals surface area contributed by atoms with Crippen LogP contribution in [0, 0.1) is 6.92 Å². The highest BCUT2D eigenvalue weighted by Gasteiger charge is 2.40. The van der Waals surface area contributed by atoms with Crippen LogP contribution in [0.2, 0.25) is 0 Å². The Hall–Kier alpha value is -1.91. The molecule has 0 saturated carbocycles. The highest BCUT2D eigenvalue weighted by atomic mass is 19.3. The van der Waals surface area contributed by atoms with Crippen molar-refractivity contribution in [3.8, 4) is 0 Å². The van der Waals surface area contributed by atoms with Crippen LogP contribution in [-0.4, -0.2) is 21.6 Å². The summed E-state index contributed by atoms with van der Waals surface area (Å²) in [5.74, 6) is -5.83. The fraction of sp³-hybridized carbons (Fsp3) is 0.308. The molecule has 0 aliphatic heterocycles. The molecule has 0 aliphatic carbocycles. The first-order valence-corrected chi connectivity index (χ1v) is 5.48. The third-order valence-electron chi connectivity index (χ3n) is 3.24. The number of halogens is 2. The molecule has 18 heavy (non-hydrogen) atoms.